The maximum atomic E-state index is 13.2. The summed E-state index contributed by atoms with van der Waals surface area (Å²) in [5.41, 5.74) is 0.122. The number of carbonyl (C=O) groups excluding carboxylic acids is 2. The van der Waals surface area contributed by atoms with Gasteiger partial charge < -0.3 is 10.1 Å². The lowest BCUT2D eigenvalue weighted by Crippen LogP contribution is -2.14. The van der Waals surface area contributed by atoms with E-state index >= 15 is 0 Å². The summed E-state index contributed by atoms with van der Waals surface area (Å²) in [5, 5.41) is 2.47. The predicted octanol–water partition coefficient (Wildman–Crippen LogP) is 3.58. The second-order valence-electron chi connectivity index (χ2n) is 3.74. The fraction of sp³-hybridized carbons (Fsp3) is 0.0769. The van der Waals surface area contributed by atoms with E-state index in [1.165, 1.54) is 13.2 Å². The highest BCUT2D eigenvalue weighted by Crippen LogP contribution is 2.24. The second kappa shape index (κ2) is 6.02. The van der Waals surface area contributed by atoms with Crippen LogP contribution >= 0.6 is 22.9 Å². The van der Waals surface area contributed by atoms with Crippen molar-refractivity contribution in [3.63, 3.8) is 0 Å². The Labute approximate surface area is 123 Å². The van der Waals surface area contributed by atoms with Gasteiger partial charge in [0.05, 0.1) is 27.6 Å². The first-order valence-electron chi connectivity index (χ1n) is 5.46. The van der Waals surface area contributed by atoms with Gasteiger partial charge in [-0.05, 0) is 30.3 Å². The van der Waals surface area contributed by atoms with Gasteiger partial charge in [-0.25, -0.2) is 9.18 Å². The van der Waals surface area contributed by atoms with E-state index in [0.29, 0.717) is 9.21 Å². The van der Waals surface area contributed by atoms with Gasteiger partial charge in [0.15, 0.2) is 0 Å². The largest absolute Gasteiger partial charge is 0.465 e. The van der Waals surface area contributed by atoms with Crippen molar-refractivity contribution in [1.82, 2.24) is 0 Å². The Hall–Kier alpha value is -1.92. The molecule has 0 aliphatic rings. The highest BCUT2D eigenvalue weighted by atomic mass is 35.5. The van der Waals surface area contributed by atoms with Crippen LogP contribution in [0.4, 0.5) is 10.1 Å². The molecule has 0 radical (unpaired) electrons. The standard InChI is InChI=1S/C13H9ClFNO3S/c1-19-13(18)8-3-2-7(15)6-9(8)16-12(17)10-4-5-11(14)20-10/h2-6H,1H3,(H,16,17). The van der Waals surface area contributed by atoms with E-state index in [1.54, 1.807) is 12.1 Å². The van der Waals surface area contributed by atoms with E-state index in [-0.39, 0.29) is 11.3 Å². The summed E-state index contributed by atoms with van der Waals surface area (Å²) in [6, 6.07) is 6.54. The van der Waals surface area contributed by atoms with E-state index in [0.717, 1.165) is 23.5 Å². The predicted molar refractivity (Wildman–Crippen MR) is 75.0 cm³/mol. The van der Waals surface area contributed by atoms with Crippen molar-refractivity contribution in [2.24, 2.45) is 0 Å². The van der Waals surface area contributed by atoms with Crippen LogP contribution in [0.25, 0.3) is 0 Å². The molecule has 0 unspecified atom stereocenters. The van der Waals surface area contributed by atoms with Gasteiger partial charge in [-0.1, -0.05) is 11.6 Å². The van der Waals surface area contributed by atoms with Crippen LogP contribution in [-0.2, 0) is 4.74 Å². The molecular formula is C13H9ClFNO3S. The molecule has 2 rings (SSSR count). The van der Waals surface area contributed by atoms with Crippen molar-refractivity contribution < 1.29 is 18.7 Å². The molecule has 0 atom stereocenters. The Bertz CT molecular complexity index is 671. The van der Waals surface area contributed by atoms with E-state index in [4.69, 9.17) is 11.6 Å². The molecule has 104 valence electrons. The summed E-state index contributed by atoms with van der Waals surface area (Å²) < 4.78 is 18.3. The van der Waals surface area contributed by atoms with Gasteiger partial charge >= 0.3 is 5.97 Å². The van der Waals surface area contributed by atoms with Crippen LogP contribution in [-0.4, -0.2) is 19.0 Å². The molecule has 2 aromatic rings. The number of amides is 1. The number of ether oxygens (including phenoxy) is 1. The summed E-state index contributed by atoms with van der Waals surface area (Å²) in [6.07, 6.45) is 0. The average Bonchev–Trinajstić information content (AvgIpc) is 2.85. The van der Waals surface area contributed by atoms with E-state index in [9.17, 15) is 14.0 Å². The minimum Gasteiger partial charge on any atom is -0.465 e. The van der Waals surface area contributed by atoms with Crippen molar-refractivity contribution in [3.8, 4) is 0 Å². The lowest BCUT2D eigenvalue weighted by molar-refractivity contribution is 0.0602. The van der Waals surface area contributed by atoms with Crippen LogP contribution in [0.5, 0.6) is 0 Å². The van der Waals surface area contributed by atoms with Gasteiger partial charge in [0, 0.05) is 0 Å². The van der Waals surface area contributed by atoms with Crippen LogP contribution in [0.3, 0.4) is 0 Å². The topological polar surface area (TPSA) is 55.4 Å². The number of hydrogen-bond acceptors (Lipinski definition) is 4. The molecule has 1 N–H and O–H groups in total. The fourth-order valence-corrected chi connectivity index (χ4v) is 2.47. The number of nitrogens with one attached hydrogen (secondary N) is 1. The number of benzene rings is 1. The number of carbonyl (C=O) groups is 2. The lowest BCUT2D eigenvalue weighted by Gasteiger charge is -2.09. The van der Waals surface area contributed by atoms with Gasteiger partial charge in [-0.3, -0.25) is 4.79 Å². The first kappa shape index (κ1) is 14.5. The maximum absolute atomic E-state index is 13.2. The highest BCUT2D eigenvalue weighted by Gasteiger charge is 2.16. The molecule has 4 nitrogen and oxygen atoms in total. The van der Waals surface area contributed by atoms with Crippen LogP contribution in [0.2, 0.25) is 4.34 Å². The third-order valence-electron chi connectivity index (χ3n) is 2.43. The van der Waals surface area contributed by atoms with Crippen molar-refractivity contribution in [3.05, 3.63) is 50.9 Å². The second-order valence-corrected chi connectivity index (χ2v) is 5.45. The molecule has 0 saturated heterocycles. The molecule has 1 aromatic heterocycles. The molecular weight excluding hydrogens is 305 g/mol. The highest BCUT2D eigenvalue weighted by molar-refractivity contribution is 7.18. The molecule has 1 aromatic carbocycles. The van der Waals surface area contributed by atoms with Gasteiger partial charge in [-0.15, -0.1) is 11.3 Å². The summed E-state index contributed by atoms with van der Waals surface area (Å²) in [6.45, 7) is 0. The Balaban J connectivity index is 2.30. The van der Waals surface area contributed by atoms with Gasteiger partial charge in [-0.2, -0.15) is 0 Å². The normalized spacial score (nSPS) is 10.2. The number of methoxy groups -OCH3 is 1. The van der Waals surface area contributed by atoms with E-state index in [1.807, 2.05) is 0 Å². The van der Waals surface area contributed by atoms with Crippen LogP contribution < -0.4 is 5.32 Å². The first-order chi connectivity index (χ1) is 9.51. The van der Waals surface area contributed by atoms with Crippen molar-refractivity contribution in [2.75, 3.05) is 12.4 Å². The monoisotopic (exact) mass is 313 g/mol. The van der Waals surface area contributed by atoms with E-state index in [2.05, 4.69) is 10.1 Å². The van der Waals surface area contributed by atoms with Crippen LogP contribution in [0.15, 0.2) is 30.3 Å². The number of anilines is 1. The minimum atomic E-state index is -0.662. The summed E-state index contributed by atoms with van der Waals surface area (Å²) in [7, 11) is 1.20. The average molecular weight is 314 g/mol. The summed E-state index contributed by atoms with van der Waals surface area (Å²) in [4.78, 5) is 23.9. The SMILES string of the molecule is COC(=O)c1ccc(F)cc1NC(=O)c1ccc(Cl)s1. The zero-order chi connectivity index (χ0) is 14.7. The lowest BCUT2D eigenvalue weighted by atomic mass is 10.1. The third kappa shape index (κ3) is 3.15. The minimum absolute atomic E-state index is 0.0476. The van der Waals surface area contributed by atoms with Crippen molar-refractivity contribution in [1.29, 1.82) is 0 Å². The Morgan fingerprint density at radius 3 is 2.65 bits per heavy atom. The molecule has 20 heavy (non-hydrogen) atoms. The Kier molecular flexibility index (Phi) is 4.36. The molecule has 0 spiro atoms. The molecule has 0 aliphatic heterocycles. The molecule has 0 aliphatic carbocycles. The van der Waals surface area contributed by atoms with Crippen LogP contribution in [0.1, 0.15) is 20.0 Å². The molecule has 1 heterocycles. The van der Waals surface area contributed by atoms with Gasteiger partial charge in [0.1, 0.15) is 5.82 Å². The molecule has 0 bridgehead atoms. The molecule has 0 saturated carbocycles. The van der Waals surface area contributed by atoms with E-state index < -0.39 is 17.7 Å². The zero-order valence-corrected chi connectivity index (χ0v) is 11.8. The molecule has 7 heteroatoms. The number of rotatable bonds is 3. The number of halogens is 2. The number of thiophene rings is 1. The molecule has 0 fully saturated rings. The summed E-state index contributed by atoms with van der Waals surface area (Å²) in [5.74, 6) is -1.71. The summed E-state index contributed by atoms with van der Waals surface area (Å²) >= 11 is 6.82. The Morgan fingerprint density at radius 2 is 2.05 bits per heavy atom. The third-order valence-corrected chi connectivity index (χ3v) is 3.66. The van der Waals surface area contributed by atoms with Crippen LogP contribution in [0, 0.1) is 5.82 Å². The van der Waals surface area contributed by atoms with Crippen molar-refractivity contribution in [2.45, 2.75) is 0 Å². The number of esters is 1. The van der Waals surface area contributed by atoms with Gasteiger partial charge in [0.2, 0.25) is 0 Å². The first-order valence-corrected chi connectivity index (χ1v) is 6.65. The maximum Gasteiger partial charge on any atom is 0.339 e. The van der Waals surface area contributed by atoms with Gasteiger partial charge in [0.25, 0.3) is 5.91 Å². The van der Waals surface area contributed by atoms with Crippen molar-refractivity contribution >= 4 is 40.5 Å². The molecule has 1 amide bonds. The fourth-order valence-electron chi connectivity index (χ4n) is 1.53. The zero-order valence-electron chi connectivity index (χ0n) is 10.3. The Morgan fingerprint density at radius 1 is 1.30 bits per heavy atom. The number of hydrogen-bond donors (Lipinski definition) is 1. The quantitative estimate of drug-likeness (QED) is 0.881. The smallest absolute Gasteiger partial charge is 0.339 e.